The summed E-state index contributed by atoms with van der Waals surface area (Å²) in [6, 6.07) is 13.3. The highest BCUT2D eigenvalue weighted by Gasteiger charge is 2.25. The Bertz CT molecular complexity index is 1150. The minimum atomic E-state index is -0.162. The maximum Gasteiger partial charge on any atom is 0.290 e. The highest BCUT2D eigenvalue weighted by atomic mass is 16.5. The van der Waals surface area contributed by atoms with Gasteiger partial charge in [-0.05, 0) is 49.7 Å². The predicted molar refractivity (Wildman–Crippen MR) is 109 cm³/mol. The number of furan rings is 1. The van der Waals surface area contributed by atoms with Crippen molar-refractivity contribution >= 4 is 16.9 Å². The first kappa shape index (κ1) is 18.7. The number of aromatic nitrogens is 3. The summed E-state index contributed by atoms with van der Waals surface area (Å²) >= 11 is 0. The Balaban J connectivity index is 1.58. The molecule has 0 fully saturated rings. The fraction of sp³-hybridized carbons (Fsp3) is 0.227. The average molecular weight is 390 g/mol. The van der Waals surface area contributed by atoms with E-state index in [0.29, 0.717) is 11.3 Å². The molecule has 29 heavy (non-hydrogen) atoms. The number of amides is 1. The van der Waals surface area contributed by atoms with Crippen LogP contribution >= 0.6 is 0 Å². The molecule has 0 radical (unpaired) electrons. The maximum atomic E-state index is 13.1. The Morgan fingerprint density at radius 2 is 1.97 bits per heavy atom. The van der Waals surface area contributed by atoms with Crippen LogP contribution in [0, 0.1) is 6.92 Å². The van der Waals surface area contributed by atoms with Crippen LogP contribution in [0.1, 0.15) is 34.6 Å². The molecule has 0 saturated heterocycles. The van der Waals surface area contributed by atoms with Crippen molar-refractivity contribution < 1.29 is 13.9 Å². The molecule has 1 atom stereocenters. The SMILES string of the molecule is COc1ccc2oc(C(=O)N(C)[C@@H](C)c3ccc(-n4cncn4)cc3)c(C)c2c1. The normalized spacial score (nSPS) is 12.1. The Labute approximate surface area is 168 Å². The van der Waals surface area contributed by atoms with Crippen molar-refractivity contribution in [3.8, 4) is 11.4 Å². The van der Waals surface area contributed by atoms with Gasteiger partial charge in [-0.1, -0.05) is 12.1 Å². The van der Waals surface area contributed by atoms with Gasteiger partial charge in [0.2, 0.25) is 0 Å². The zero-order valence-corrected chi connectivity index (χ0v) is 16.8. The summed E-state index contributed by atoms with van der Waals surface area (Å²) in [5.41, 5.74) is 3.41. The van der Waals surface area contributed by atoms with E-state index < -0.39 is 0 Å². The van der Waals surface area contributed by atoms with E-state index in [1.807, 2.05) is 56.3 Å². The van der Waals surface area contributed by atoms with Gasteiger partial charge in [0.25, 0.3) is 5.91 Å². The fourth-order valence-electron chi connectivity index (χ4n) is 3.34. The number of carbonyl (C=O) groups excluding carboxylic acids is 1. The van der Waals surface area contributed by atoms with Gasteiger partial charge in [-0.3, -0.25) is 4.79 Å². The molecule has 0 aliphatic heterocycles. The van der Waals surface area contributed by atoms with Gasteiger partial charge in [-0.15, -0.1) is 0 Å². The number of fused-ring (bicyclic) bond motifs is 1. The van der Waals surface area contributed by atoms with Gasteiger partial charge in [0.15, 0.2) is 5.76 Å². The molecule has 0 aliphatic rings. The lowest BCUT2D eigenvalue weighted by Gasteiger charge is -2.25. The lowest BCUT2D eigenvalue weighted by Crippen LogP contribution is -2.29. The molecule has 0 N–H and O–H groups in total. The minimum Gasteiger partial charge on any atom is -0.497 e. The molecule has 2 heterocycles. The van der Waals surface area contributed by atoms with Crippen LogP contribution in [0.25, 0.3) is 16.7 Å². The number of methoxy groups -OCH3 is 1. The van der Waals surface area contributed by atoms with Crippen LogP contribution in [0.5, 0.6) is 5.75 Å². The zero-order valence-electron chi connectivity index (χ0n) is 16.8. The summed E-state index contributed by atoms with van der Waals surface area (Å²) in [4.78, 5) is 18.8. The molecule has 0 unspecified atom stereocenters. The molecular weight excluding hydrogens is 368 g/mol. The summed E-state index contributed by atoms with van der Waals surface area (Å²) in [7, 11) is 3.40. The fourth-order valence-corrected chi connectivity index (χ4v) is 3.34. The van der Waals surface area contributed by atoms with Gasteiger partial charge in [-0.2, -0.15) is 5.10 Å². The van der Waals surface area contributed by atoms with Crippen LogP contribution in [-0.4, -0.2) is 39.7 Å². The molecule has 1 amide bonds. The van der Waals surface area contributed by atoms with Crippen molar-refractivity contribution in [2.45, 2.75) is 19.9 Å². The van der Waals surface area contributed by atoms with Gasteiger partial charge in [0.1, 0.15) is 24.0 Å². The van der Waals surface area contributed by atoms with Crippen molar-refractivity contribution in [2.24, 2.45) is 0 Å². The van der Waals surface area contributed by atoms with E-state index in [1.54, 1.807) is 30.1 Å². The second-order valence-electron chi connectivity index (χ2n) is 6.94. The second kappa shape index (κ2) is 7.43. The maximum absolute atomic E-state index is 13.1. The first-order valence-corrected chi connectivity index (χ1v) is 9.29. The highest BCUT2D eigenvalue weighted by Crippen LogP contribution is 2.31. The van der Waals surface area contributed by atoms with Gasteiger partial charge in [0, 0.05) is 18.0 Å². The topological polar surface area (TPSA) is 73.4 Å². The van der Waals surface area contributed by atoms with Crippen LogP contribution in [0.2, 0.25) is 0 Å². The van der Waals surface area contributed by atoms with E-state index in [1.165, 1.54) is 6.33 Å². The summed E-state index contributed by atoms with van der Waals surface area (Å²) in [6.45, 7) is 3.88. The number of nitrogens with zero attached hydrogens (tertiary/aromatic N) is 4. The summed E-state index contributed by atoms with van der Waals surface area (Å²) in [5.74, 6) is 0.918. The zero-order chi connectivity index (χ0) is 20.5. The highest BCUT2D eigenvalue weighted by molar-refractivity contribution is 5.99. The van der Waals surface area contributed by atoms with Gasteiger partial charge in [0.05, 0.1) is 18.8 Å². The molecule has 4 aromatic rings. The Morgan fingerprint density at radius 1 is 1.21 bits per heavy atom. The molecule has 7 heteroatoms. The molecule has 2 aromatic carbocycles. The Morgan fingerprint density at radius 3 is 2.62 bits per heavy atom. The van der Waals surface area contributed by atoms with Crippen LogP contribution in [-0.2, 0) is 0 Å². The number of rotatable bonds is 5. The average Bonchev–Trinajstić information content (AvgIpc) is 3.40. The van der Waals surface area contributed by atoms with E-state index in [9.17, 15) is 4.79 Å². The number of carbonyl (C=O) groups is 1. The molecule has 0 bridgehead atoms. The summed E-state index contributed by atoms with van der Waals surface area (Å²) in [5, 5.41) is 5.01. The third kappa shape index (κ3) is 3.35. The largest absolute Gasteiger partial charge is 0.497 e. The third-order valence-electron chi connectivity index (χ3n) is 5.30. The third-order valence-corrected chi connectivity index (χ3v) is 5.30. The molecule has 4 rings (SSSR count). The van der Waals surface area contributed by atoms with Crippen molar-refractivity contribution in [3.63, 3.8) is 0 Å². The first-order chi connectivity index (χ1) is 14.0. The molecule has 0 aliphatic carbocycles. The molecule has 7 nitrogen and oxygen atoms in total. The Kier molecular flexibility index (Phi) is 4.80. The summed E-state index contributed by atoms with van der Waals surface area (Å²) in [6.07, 6.45) is 3.14. The van der Waals surface area contributed by atoms with E-state index in [-0.39, 0.29) is 11.9 Å². The van der Waals surface area contributed by atoms with Crippen molar-refractivity contribution in [1.29, 1.82) is 0 Å². The van der Waals surface area contributed by atoms with Crippen molar-refractivity contribution in [2.75, 3.05) is 14.2 Å². The predicted octanol–water partition coefficient (Wildman–Crippen LogP) is 4.16. The minimum absolute atomic E-state index is 0.130. The van der Waals surface area contributed by atoms with E-state index in [0.717, 1.165) is 28.0 Å². The van der Waals surface area contributed by atoms with E-state index >= 15 is 0 Å². The van der Waals surface area contributed by atoms with E-state index in [4.69, 9.17) is 9.15 Å². The lowest BCUT2D eigenvalue weighted by atomic mass is 10.1. The standard InChI is InChI=1S/C22H22N4O3/c1-14-19-11-18(28-4)9-10-20(19)29-21(14)22(27)25(3)15(2)16-5-7-17(8-6-16)26-13-23-12-24-26/h5-13,15H,1-4H3/t15-/m0/s1. The lowest BCUT2D eigenvalue weighted by molar-refractivity contribution is 0.0712. The van der Waals surface area contributed by atoms with Gasteiger partial charge >= 0.3 is 0 Å². The molecule has 0 saturated carbocycles. The van der Waals surface area contributed by atoms with Crippen molar-refractivity contribution in [3.05, 3.63) is 72.0 Å². The van der Waals surface area contributed by atoms with Crippen LogP contribution in [0.15, 0.2) is 59.5 Å². The molecule has 148 valence electrons. The van der Waals surface area contributed by atoms with Crippen LogP contribution < -0.4 is 4.74 Å². The van der Waals surface area contributed by atoms with Crippen LogP contribution in [0.3, 0.4) is 0 Å². The molecular formula is C22H22N4O3. The first-order valence-electron chi connectivity index (χ1n) is 9.29. The van der Waals surface area contributed by atoms with Crippen molar-refractivity contribution in [1.82, 2.24) is 19.7 Å². The number of aryl methyl sites for hydroxylation is 1. The Hall–Kier alpha value is -3.61. The van der Waals surface area contributed by atoms with Crippen LogP contribution in [0.4, 0.5) is 0 Å². The number of hydrogen-bond donors (Lipinski definition) is 0. The smallest absolute Gasteiger partial charge is 0.290 e. The molecule has 2 aromatic heterocycles. The second-order valence-corrected chi connectivity index (χ2v) is 6.94. The van der Waals surface area contributed by atoms with Gasteiger partial charge < -0.3 is 14.1 Å². The monoisotopic (exact) mass is 390 g/mol. The number of ether oxygens (including phenoxy) is 1. The molecule has 0 spiro atoms. The number of benzene rings is 2. The summed E-state index contributed by atoms with van der Waals surface area (Å²) < 4.78 is 12.8. The van der Waals surface area contributed by atoms with E-state index in [2.05, 4.69) is 10.1 Å². The number of hydrogen-bond acceptors (Lipinski definition) is 5. The quantitative estimate of drug-likeness (QED) is 0.511. The van der Waals surface area contributed by atoms with Gasteiger partial charge in [-0.25, -0.2) is 9.67 Å².